The summed E-state index contributed by atoms with van der Waals surface area (Å²) in [6.07, 6.45) is 0. The minimum absolute atomic E-state index is 0.197. The predicted octanol–water partition coefficient (Wildman–Crippen LogP) is 3.37. The molecule has 0 aliphatic rings. The molecule has 6 heteroatoms. The van der Waals surface area contributed by atoms with E-state index in [-0.39, 0.29) is 11.7 Å². The van der Waals surface area contributed by atoms with E-state index in [1.54, 1.807) is 14.0 Å². The van der Waals surface area contributed by atoms with E-state index in [0.29, 0.717) is 0 Å². The molecule has 132 valence electrons. The van der Waals surface area contributed by atoms with Crippen LogP contribution in [0.1, 0.15) is 18.5 Å². The summed E-state index contributed by atoms with van der Waals surface area (Å²) in [4.78, 5) is 24.6. The van der Waals surface area contributed by atoms with Gasteiger partial charge in [0, 0.05) is 4.90 Å². The SMILES string of the molecule is COc1cccc(SCC(=O)NC(c2ccccc2)C(C)C(=O)O)c1. The molecular weight excluding hydrogens is 338 g/mol. The van der Waals surface area contributed by atoms with Gasteiger partial charge in [-0.1, -0.05) is 36.4 Å². The number of carbonyl (C=O) groups excluding carboxylic acids is 1. The second-order valence-corrected chi connectivity index (χ2v) is 6.60. The topological polar surface area (TPSA) is 75.6 Å². The van der Waals surface area contributed by atoms with Crippen molar-refractivity contribution in [2.24, 2.45) is 5.92 Å². The average molecular weight is 359 g/mol. The Morgan fingerprint density at radius 3 is 2.52 bits per heavy atom. The molecule has 0 aromatic heterocycles. The molecule has 0 spiro atoms. The number of nitrogens with one attached hydrogen (secondary N) is 1. The zero-order chi connectivity index (χ0) is 18.2. The molecular formula is C19H21NO4S. The van der Waals surface area contributed by atoms with Gasteiger partial charge in [0.1, 0.15) is 5.75 Å². The monoisotopic (exact) mass is 359 g/mol. The number of hydrogen-bond donors (Lipinski definition) is 2. The van der Waals surface area contributed by atoms with Crippen LogP contribution < -0.4 is 10.1 Å². The standard InChI is InChI=1S/C19H21NO4S/c1-13(19(22)23)18(14-7-4-3-5-8-14)20-17(21)12-25-16-10-6-9-15(11-16)24-2/h3-11,13,18H,12H2,1-2H3,(H,20,21)(H,22,23). The van der Waals surface area contributed by atoms with Gasteiger partial charge in [0.15, 0.2) is 0 Å². The van der Waals surface area contributed by atoms with Crippen LogP contribution in [0.2, 0.25) is 0 Å². The number of benzene rings is 2. The fourth-order valence-corrected chi connectivity index (χ4v) is 3.11. The third-order valence-electron chi connectivity index (χ3n) is 3.78. The Morgan fingerprint density at radius 2 is 1.88 bits per heavy atom. The van der Waals surface area contributed by atoms with E-state index in [1.807, 2.05) is 54.6 Å². The molecule has 0 bridgehead atoms. The summed E-state index contributed by atoms with van der Waals surface area (Å²) >= 11 is 1.38. The summed E-state index contributed by atoms with van der Waals surface area (Å²) in [5.41, 5.74) is 0.775. The summed E-state index contributed by atoms with van der Waals surface area (Å²) in [6, 6.07) is 16.0. The molecule has 0 fully saturated rings. The highest BCUT2D eigenvalue weighted by Gasteiger charge is 2.26. The molecule has 5 nitrogen and oxygen atoms in total. The maximum Gasteiger partial charge on any atom is 0.308 e. The van der Waals surface area contributed by atoms with E-state index in [1.165, 1.54) is 11.8 Å². The van der Waals surface area contributed by atoms with E-state index >= 15 is 0 Å². The van der Waals surface area contributed by atoms with Crippen molar-refractivity contribution in [2.75, 3.05) is 12.9 Å². The minimum Gasteiger partial charge on any atom is -0.497 e. The van der Waals surface area contributed by atoms with Crippen molar-refractivity contribution < 1.29 is 19.4 Å². The molecule has 2 atom stereocenters. The average Bonchev–Trinajstić information content (AvgIpc) is 2.64. The highest BCUT2D eigenvalue weighted by molar-refractivity contribution is 8.00. The Bertz CT molecular complexity index is 720. The van der Waals surface area contributed by atoms with E-state index < -0.39 is 17.9 Å². The van der Waals surface area contributed by atoms with Gasteiger partial charge < -0.3 is 15.2 Å². The zero-order valence-corrected chi connectivity index (χ0v) is 15.0. The number of methoxy groups -OCH3 is 1. The van der Waals surface area contributed by atoms with Crippen LogP contribution >= 0.6 is 11.8 Å². The fraction of sp³-hybridized carbons (Fsp3) is 0.263. The summed E-state index contributed by atoms with van der Waals surface area (Å²) in [5.74, 6) is -0.965. The highest BCUT2D eigenvalue weighted by atomic mass is 32.2. The van der Waals surface area contributed by atoms with Gasteiger partial charge in [-0.3, -0.25) is 9.59 Å². The lowest BCUT2D eigenvalue weighted by Gasteiger charge is -2.23. The number of hydrogen-bond acceptors (Lipinski definition) is 4. The normalized spacial score (nSPS) is 12.9. The summed E-state index contributed by atoms with van der Waals surface area (Å²) < 4.78 is 5.16. The molecule has 2 aromatic rings. The van der Waals surface area contributed by atoms with Crippen LogP contribution in [0.3, 0.4) is 0 Å². The molecule has 0 saturated carbocycles. The van der Waals surface area contributed by atoms with Crippen LogP contribution in [0.5, 0.6) is 5.75 Å². The van der Waals surface area contributed by atoms with Crippen molar-refractivity contribution in [2.45, 2.75) is 17.9 Å². The molecule has 0 aliphatic heterocycles. The summed E-state index contributed by atoms with van der Waals surface area (Å²) in [7, 11) is 1.59. The van der Waals surface area contributed by atoms with Crippen molar-refractivity contribution >= 4 is 23.6 Å². The molecule has 2 aromatic carbocycles. The Kier molecular flexibility index (Phi) is 6.89. The third kappa shape index (κ3) is 5.53. The van der Waals surface area contributed by atoms with Gasteiger partial charge in [0.25, 0.3) is 0 Å². The van der Waals surface area contributed by atoms with E-state index in [4.69, 9.17) is 4.74 Å². The van der Waals surface area contributed by atoms with Gasteiger partial charge in [0.05, 0.1) is 24.8 Å². The summed E-state index contributed by atoms with van der Waals surface area (Å²) in [5, 5.41) is 12.2. The van der Waals surface area contributed by atoms with Crippen LogP contribution in [0, 0.1) is 5.92 Å². The lowest BCUT2D eigenvalue weighted by Crippen LogP contribution is -2.36. The van der Waals surface area contributed by atoms with Crippen LogP contribution in [-0.4, -0.2) is 29.8 Å². The van der Waals surface area contributed by atoms with E-state index in [9.17, 15) is 14.7 Å². The Hall–Kier alpha value is -2.47. The van der Waals surface area contributed by atoms with E-state index in [2.05, 4.69) is 5.32 Å². The lowest BCUT2D eigenvalue weighted by molar-refractivity contribution is -0.142. The first-order valence-corrected chi connectivity index (χ1v) is 8.83. The minimum atomic E-state index is -0.949. The van der Waals surface area contributed by atoms with Crippen LogP contribution in [0.25, 0.3) is 0 Å². The molecule has 2 rings (SSSR count). The number of thioether (sulfide) groups is 1. The molecule has 0 radical (unpaired) electrons. The van der Waals surface area contributed by atoms with Crippen molar-refractivity contribution in [3.8, 4) is 5.75 Å². The van der Waals surface area contributed by atoms with Gasteiger partial charge in [-0.05, 0) is 30.7 Å². The number of rotatable bonds is 8. The third-order valence-corrected chi connectivity index (χ3v) is 4.77. The van der Waals surface area contributed by atoms with E-state index in [0.717, 1.165) is 16.2 Å². The van der Waals surface area contributed by atoms with Gasteiger partial charge in [-0.25, -0.2) is 0 Å². The number of carboxylic acid groups (broad SMARTS) is 1. The molecule has 25 heavy (non-hydrogen) atoms. The van der Waals surface area contributed by atoms with Crippen molar-refractivity contribution in [1.29, 1.82) is 0 Å². The maximum atomic E-state index is 12.3. The first-order valence-electron chi connectivity index (χ1n) is 7.85. The van der Waals surface area contributed by atoms with Crippen LogP contribution in [0.4, 0.5) is 0 Å². The van der Waals surface area contributed by atoms with Crippen LogP contribution in [-0.2, 0) is 9.59 Å². The predicted molar refractivity (Wildman–Crippen MR) is 97.8 cm³/mol. The molecule has 2 N–H and O–H groups in total. The maximum absolute atomic E-state index is 12.3. The lowest BCUT2D eigenvalue weighted by atomic mass is 9.94. The Labute approximate surface area is 151 Å². The zero-order valence-electron chi connectivity index (χ0n) is 14.1. The first kappa shape index (κ1) is 18.9. The summed E-state index contributed by atoms with van der Waals surface area (Å²) in [6.45, 7) is 1.59. The smallest absolute Gasteiger partial charge is 0.308 e. The second kappa shape index (κ2) is 9.13. The molecule has 0 saturated heterocycles. The number of amides is 1. The van der Waals surface area contributed by atoms with Gasteiger partial charge >= 0.3 is 5.97 Å². The van der Waals surface area contributed by atoms with Crippen molar-refractivity contribution in [3.05, 3.63) is 60.2 Å². The largest absolute Gasteiger partial charge is 0.497 e. The number of ether oxygens (including phenoxy) is 1. The molecule has 2 unspecified atom stereocenters. The highest BCUT2D eigenvalue weighted by Crippen LogP contribution is 2.25. The quantitative estimate of drug-likeness (QED) is 0.707. The Morgan fingerprint density at radius 1 is 1.16 bits per heavy atom. The Balaban J connectivity index is 2.02. The number of aliphatic carboxylic acids is 1. The second-order valence-electron chi connectivity index (χ2n) is 5.55. The van der Waals surface area contributed by atoms with Gasteiger partial charge in [-0.15, -0.1) is 11.8 Å². The molecule has 0 aliphatic carbocycles. The van der Waals surface area contributed by atoms with Gasteiger partial charge in [-0.2, -0.15) is 0 Å². The number of carbonyl (C=O) groups is 2. The molecule has 1 amide bonds. The van der Waals surface area contributed by atoms with Crippen molar-refractivity contribution in [1.82, 2.24) is 5.32 Å². The molecule has 0 heterocycles. The van der Waals surface area contributed by atoms with Gasteiger partial charge in [0.2, 0.25) is 5.91 Å². The fourth-order valence-electron chi connectivity index (χ4n) is 2.35. The van der Waals surface area contributed by atoms with Crippen molar-refractivity contribution in [3.63, 3.8) is 0 Å². The first-order chi connectivity index (χ1) is 12.0. The number of carboxylic acids is 1. The van der Waals surface area contributed by atoms with Crippen LogP contribution in [0.15, 0.2) is 59.5 Å².